The Hall–Kier alpha value is -6.50. The number of ether oxygens (including phenoxy) is 2. The molecule has 13 nitrogen and oxygen atoms in total. The minimum atomic E-state index is -0.623. The number of rotatable bonds is 10. The first kappa shape index (κ1) is 34.9. The van der Waals surface area contributed by atoms with Crippen molar-refractivity contribution in [2.24, 2.45) is 0 Å². The highest BCUT2D eigenvalue weighted by molar-refractivity contribution is 5.97. The van der Waals surface area contributed by atoms with Crippen LogP contribution in [0.25, 0.3) is 22.9 Å². The molecule has 2 saturated heterocycles. The van der Waals surface area contributed by atoms with Crippen molar-refractivity contribution in [3.05, 3.63) is 120 Å². The lowest BCUT2D eigenvalue weighted by Crippen LogP contribution is -2.43. The van der Waals surface area contributed by atoms with Gasteiger partial charge >= 0.3 is 12.2 Å². The first-order chi connectivity index (χ1) is 25.9. The van der Waals surface area contributed by atoms with Gasteiger partial charge < -0.3 is 24.5 Å². The Kier molecular flexibility index (Phi) is 10.7. The van der Waals surface area contributed by atoms with Crippen LogP contribution in [0.3, 0.4) is 0 Å². The van der Waals surface area contributed by atoms with Crippen LogP contribution in [0.2, 0.25) is 0 Å². The highest BCUT2D eigenvalue weighted by Crippen LogP contribution is 2.28. The molecule has 7 rings (SSSR count). The molecule has 53 heavy (non-hydrogen) atoms. The Morgan fingerprint density at radius 1 is 0.585 bits per heavy atom. The van der Waals surface area contributed by atoms with E-state index in [0.29, 0.717) is 73.1 Å². The van der Waals surface area contributed by atoms with Gasteiger partial charge in [0.05, 0.1) is 0 Å². The molecule has 0 aliphatic carbocycles. The first-order valence-electron chi connectivity index (χ1n) is 17.5. The number of nitrogens with one attached hydrogen (secondary N) is 2. The lowest BCUT2D eigenvalue weighted by atomic mass is 10.1. The Morgan fingerprint density at radius 3 is 1.38 bits per heavy atom. The van der Waals surface area contributed by atoms with E-state index in [-0.39, 0.29) is 25.0 Å². The molecule has 2 aliphatic rings. The van der Waals surface area contributed by atoms with Crippen LogP contribution in [0.15, 0.2) is 114 Å². The Labute approximate surface area is 305 Å². The molecule has 1 aromatic heterocycles. The standard InChI is InChI=1S/C40H38N6O7/c47-35(33-13-7-23-45(33)39(49)51-25-27-9-3-1-4-10-27)41-31-19-15-29(16-20-31)37-43-44-38(53-37)30-17-21-32(22-18-30)42-36(48)34-14-8-24-46(34)40(50)52-26-28-11-5-2-6-12-28/h1-6,9-12,15-22,33-34H,7-8,13-14,23-26H2,(H,41,47)(H,42,48)/t33-,34-/m0/s1. The van der Waals surface area contributed by atoms with E-state index in [0.717, 1.165) is 11.1 Å². The Balaban J connectivity index is 0.904. The van der Waals surface area contributed by atoms with E-state index in [1.807, 2.05) is 60.7 Å². The number of hydrogen-bond donors (Lipinski definition) is 2. The molecule has 2 aliphatic heterocycles. The number of carbonyl (C=O) groups excluding carboxylic acids is 4. The van der Waals surface area contributed by atoms with Gasteiger partial charge in [-0.1, -0.05) is 60.7 Å². The van der Waals surface area contributed by atoms with Gasteiger partial charge in [0.15, 0.2) is 0 Å². The number of benzene rings is 4. The maximum atomic E-state index is 13.1. The van der Waals surface area contributed by atoms with Crippen LogP contribution in [0, 0.1) is 0 Å². The van der Waals surface area contributed by atoms with Gasteiger partial charge in [0.1, 0.15) is 25.3 Å². The summed E-state index contributed by atoms with van der Waals surface area (Å²) in [5.74, 6) is 0.0137. The third-order valence-electron chi connectivity index (χ3n) is 9.21. The summed E-state index contributed by atoms with van der Waals surface area (Å²) in [5.41, 5.74) is 4.18. The third-order valence-corrected chi connectivity index (χ3v) is 9.21. The fourth-order valence-corrected chi connectivity index (χ4v) is 6.42. The van der Waals surface area contributed by atoms with Crippen molar-refractivity contribution in [3.8, 4) is 22.9 Å². The number of hydrogen-bond acceptors (Lipinski definition) is 9. The molecule has 4 aromatic carbocycles. The van der Waals surface area contributed by atoms with Crippen LogP contribution in [0.4, 0.5) is 21.0 Å². The van der Waals surface area contributed by atoms with Gasteiger partial charge in [-0.3, -0.25) is 19.4 Å². The van der Waals surface area contributed by atoms with Crippen molar-refractivity contribution in [2.45, 2.75) is 51.0 Å². The Morgan fingerprint density at radius 2 is 0.981 bits per heavy atom. The average Bonchev–Trinajstić information content (AvgIpc) is 4.00. The summed E-state index contributed by atoms with van der Waals surface area (Å²) >= 11 is 0. The maximum Gasteiger partial charge on any atom is 0.410 e. The third kappa shape index (κ3) is 8.52. The largest absolute Gasteiger partial charge is 0.445 e. The molecule has 13 heteroatoms. The summed E-state index contributed by atoms with van der Waals surface area (Å²) in [4.78, 5) is 54.7. The molecule has 0 saturated carbocycles. The zero-order valence-electron chi connectivity index (χ0n) is 28.9. The predicted octanol–water partition coefficient (Wildman–Crippen LogP) is 6.88. The molecule has 2 atom stereocenters. The summed E-state index contributed by atoms with van der Waals surface area (Å²) in [6, 6.07) is 31.5. The lowest BCUT2D eigenvalue weighted by Gasteiger charge is -2.23. The molecule has 270 valence electrons. The van der Waals surface area contributed by atoms with Crippen molar-refractivity contribution in [1.29, 1.82) is 0 Å². The minimum Gasteiger partial charge on any atom is -0.445 e. The van der Waals surface area contributed by atoms with Crippen LogP contribution in [-0.2, 0) is 32.3 Å². The summed E-state index contributed by atoms with van der Waals surface area (Å²) in [6.45, 7) is 1.19. The summed E-state index contributed by atoms with van der Waals surface area (Å²) < 4.78 is 16.9. The van der Waals surface area contributed by atoms with Crippen molar-refractivity contribution in [2.75, 3.05) is 23.7 Å². The lowest BCUT2D eigenvalue weighted by molar-refractivity contribution is -0.120. The van der Waals surface area contributed by atoms with E-state index in [1.54, 1.807) is 48.5 Å². The molecular formula is C40H38N6O7. The molecule has 0 radical (unpaired) electrons. The second-order valence-electron chi connectivity index (χ2n) is 12.8. The van der Waals surface area contributed by atoms with E-state index in [2.05, 4.69) is 20.8 Å². The number of likely N-dealkylation sites (tertiary alicyclic amines) is 2. The molecule has 0 spiro atoms. The highest BCUT2D eigenvalue weighted by Gasteiger charge is 2.36. The molecule has 2 N–H and O–H groups in total. The molecule has 0 bridgehead atoms. The van der Waals surface area contributed by atoms with Gasteiger partial charge in [-0.15, -0.1) is 10.2 Å². The van der Waals surface area contributed by atoms with Crippen LogP contribution in [0.1, 0.15) is 36.8 Å². The predicted molar refractivity (Wildman–Crippen MR) is 195 cm³/mol. The fourth-order valence-electron chi connectivity index (χ4n) is 6.42. The Bertz CT molecular complexity index is 1890. The number of anilines is 2. The van der Waals surface area contributed by atoms with E-state index in [4.69, 9.17) is 13.9 Å². The highest BCUT2D eigenvalue weighted by atomic mass is 16.6. The molecule has 4 amide bonds. The van der Waals surface area contributed by atoms with Gasteiger partial charge in [0.2, 0.25) is 23.6 Å². The number of amides is 4. The smallest absolute Gasteiger partial charge is 0.410 e. The van der Waals surface area contributed by atoms with Crippen molar-refractivity contribution in [1.82, 2.24) is 20.0 Å². The quantitative estimate of drug-likeness (QED) is 0.157. The first-order valence-corrected chi connectivity index (χ1v) is 17.5. The van der Waals surface area contributed by atoms with E-state index >= 15 is 0 Å². The zero-order valence-corrected chi connectivity index (χ0v) is 28.9. The molecule has 3 heterocycles. The van der Waals surface area contributed by atoms with E-state index in [1.165, 1.54) is 9.80 Å². The van der Waals surface area contributed by atoms with Gasteiger partial charge in [0.25, 0.3) is 0 Å². The minimum absolute atomic E-state index is 0.142. The van der Waals surface area contributed by atoms with Gasteiger partial charge in [0, 0.05) is 35.6 Å². The van der Waals surface area contributed by atoms with Gasteiger partial charge in [-0.05, 0) is 85.3 Å². The molecular weight excluding hydrogens is 676 g/mol. The average molecular weight is 715 g/mol. The van der Waals surface area contributed by atoms with Crippen LogP contribution in [0.5, 0.6) is 0 Å². The second-order valence-corrected chi connectivity index (χ2v) is 12.8. The summed E-state index contributed by atoms with van der Waals surface area (Å²) in [7, 11) is 0. The molecule has 5 aromatic rings. The number of aromatic nitrogens is 2. The van der Waals surface area contributed by atoms with Crippen LogP contribution < -0.4 is 10.6 Å². The number of nitrogens with zero attached hydrogens (tertiary/aromatic N) is 4. The van der Waals surface area contributed by atoms with Gasteiger partial charge in [-0.25, -0.2) is 9.59 Å². The van der Waals surface area contributed by atoms with Crippen molar-refractivity contribution >= 4 is 35.4 Å². The maximum absolute atomic E-state index is 13.1. The van der Waals surface area contributed by atoms with E-state index in [9.17, 15) is 19.2 Å². The van der Waals surface area contributed by atoms with E-state index < -0.39 is 24.3 Å². The summed E-state index contributed by atoms with van der Waals surface area (Å²) in [6.07, 6.45) is 1.50. The van der Waals surface area contributed by atoms with Crippen molar-refractivity contribution < 1.29 is 33.1 Å². The normalized spacial score (nSPS) is 16.6. The van der Waals surface area contributed by atoms with Crippen LogP contribution in [-0.4, -0.2) is 69.2 Å². The van der Waals surface area contributed by atoms with Crippen LogP contribution >= 0.6 is 0 Å². The molecule has 0 unspecified atom stereocenters. The fraction of sp³-hybridized carbons (Fsp3) is 0.250. The number of carbonyl (C=O) groups is 4. The second kappa shape index (κ2) is 16.2. The zero-order chi connectivity index (χ0) is 36.6. The molecule has 2 fully saturated rings. The van der Waals surface area contributed by atoms with Crippen molar-refractivity contribution in [3.63, 3.8) is 0 Å². The summed E-state index contributed by atoms with van der Waals surface area (Å²) in [5, 5.41) is 14.2. The van der Waals surface area contributed by atoms with Gasteiger partial charge in [-0.2, -0.15) is 0 Å². The topological polar surface area (TPSA) is 156 Å². The SMILES string of the molecule is O=C(Nc1ccc(-c2nnc(-c3ccc(NC(=O)[C@@H]4CCCN4C(=O)OCc4ccccc4)cc3)o2)cc1)[C@@H]1CCCN1C(=O)OCc1ccccc1. The monoisotopic (exact) mass is 714 g/mol.